The van der Waals surface area contributed by atoms with Crippen LogP contribution in [0.15, 0.2) is 11.6 Å². The summed E-state index contributed by atoms with van der Waals surface area (Å²) in [6.07, 6.45) is 3.51. The topological polar surface area (TPSA) is 57.3 Å². The first kappa shape index (κ1) is 35.1. The van der Waals surface area contributed by atoms with Gasteiger partial charge in [-0.2, -0.15) is 0 Å². The van der Waals surface area contributed by atoms with Gasteiger partial charge in [0.25, 0.3) is 0 Å². The number of hydrogen-bond donors (Lipinski definition) is 0. The van der Waals surface area contributed by atoms with Crippen molar-refractivity contribution in [2.45, 2.75) is 122 Å². The van der Waals surface area contributed by atoms with Crippen LogP contribution >= 0.6 is 0 Å². The molecule has 3 saturated heterocycles. The monoisotopic (exact) mass is 512 g/mol. The molecule has 5 heteroatoms. The molecule has 0 aromatic carbocycles. The predicted molar refractivity (Wildman–Crippen MR) is 151 cm³/mol. The molecule has 0 N–H and O–H groups in total. The maximum atomic E-state index is 10.9. The van der Waals surface area contributed by atoms with Crippen LogP contribution in [0.2, 0.25) is 0 Å². The summed E-state index contributed by atoms with van der Waals surface area (Å²) in [5.41, 5.74) is 2.79. The molecule has 0 spiro atoms. The molecule has 1 unspecified atom stereocenters. The van der Waals surface area contributed by atoms with Crippen LogP contribution in [-0.2, 0) is 23.7 Å². The number of allylic oxidation sites excluding steroid dienone is 1. The van der Waals surface area contributed by atoms with E-state index in [1.807, 2.05) is 20.8 Å². The summed E-state index contributed by atoms with van der Waals surface area (Å²) in [4.78, 5) is 10.9. The SMILES string of the molecule is C/C=C(\C)C(=O)OC(C)C.CC(C)(C)C1(C)COC1.CC(C)(C)C1CO1.CCC1(C(C)(C)C)COC1. The first-order chi connectivity index (χ1) is 16.2. The number of ether oxygens (including phenoxy) is 4. The van der Waals surface area contributed by atoms with E-state index in [9.17, 15) is 4.79 Å². The van der Waals surface area contributed by atoms with E-state index in [1.165, 1.54) is 6.42 Å². The Morgan fingerprint density at radius 1 is 0.944 bits per heavy atom. The Kier molecular flexibility index (Phi) is 13.4. The molecule has 5 nitrogen and oxygen atoms in total. The van der Waals surface area contributed by atoms with Crippen LogP contribution < -0.4 is 0 Å². The lowest BCUT2D eigenvalue weighted by molar-refractivity contribution is -0.171. The number of esters is 1. The molecule has 3 aliphatic rings. The maximum absolute atomic E-state index is 10.9. The molecule has 0 aromatic heterocycles. The van der Waals surface area contributed by atoms with Crippen LogP contribution in [0.25, 0.3) is 0 Å². The van der Waals surface area contributed by atoms with Crippen LogP contribution in [0.5, 0.6) is 0 Å². The van der Waals surface area contributed by atoms with E-state index in [2.05, 4.69) is 76.2 Å². The summed E-state index contributed by atoms with van der Waals surface area (Å²) >= 11 is 0. The first-order valence-corrected chi connectivity index (χ1v) is 13.8. The minimum Gasteiger partial charge on any atom is -0.460 e. The molecule has 3 aliphatic heterocycles. The van der Waals surface area contributed by atoms with Gasteiger partial charge in [0.05, 0.1) is 45.2 Å². The van der Waals surface area contributed by atoms with E-state index in [0.717, 1.165) is 33.0 Å². The lowest BCUT2D eigenvalue weighted by Gasteiger charge is -2.50. The molecule has 0 saturated carbocycles. The van der Waals surface area contributed by atoms with E-state index in [-0.39, 0.29) is 12.1 Å². The van der Waals surface area contributed by atoms with Crippen molar-refractivity contribution >= 4 is 5.97 Å². The smallest absolute Gasteiger partial charge is 0.333 e. The highest BCUT2D eigenvalue weighted by molar-refractivity contribution is 5.87. The summed E-state index contributed by atoms with van der Waals surface area (Å²) in [7, 11) is 0. The molecular formula is C31H60O5. The van der Waals surface area contributed by atoms with Crippen molar-refractivity contribution < 1.29 is 23.7 Å². The second-order valence-electron chi connectivity index (χ2n) is 14.3. The fraction of sp³-hybridized carbons (Fsp3) is 0.903. The minimum atomic E-state index is -0.225. The second-order valence-corrected chi connectivity index (χ2v) is 14.3. The first-order valence-electron chi connectivity index (χ1n) is 13.8. The van der Waals surface area contributed by atoms with Gasteiger partial charge in [0, 0.05) is 16.4 Å². The Labute approximate surface area is 224 Å². The summed E-state index contributed by atoms with van der Waals surface area (Å²) < 4.78 is 20.4. The number of carbonyl (C=O) groups excluding carboxylic acids is 1. The summed E-state index contributed by atoms with van der Waals surface area (Å²) in [5, 5.41) is 0. The predicted octanol–water partition coefficient (Wildman–Crippen LogP) is 7.86. The third-order valence-corrected chi connectivity index (χ3v) is 8.07. The van der Waals surface area contributed by atoms with Crippen molar-refractivity contribution in [2.75, 3.05) is 33.0 Å². The fourth-order valence-electron chi connectivity index (χ4n) is 3.33. The zero-order valence-electron chi connectivity index (χ0n) is 26.5. The molecule has 0 amide bonds. The van der Waals surface area contributed by atoms with Crippen molar-refractivity contribution in [2.24, 2.45) is 27.1 Å². The van der Waals surface area contributed by atoms with Gasteiger partial charge in [-0.05, 0) is 50.4 Å². The van der Waals surface area contributed by atoms with Gasteiger partial charge in [0.1, 0.15) is 0 Å². The van der Waals surface area contributed by atoms with Crippen molar-refractivity contribution in [1.82, 2.24) is 0 Å². The third kappa shape index (κ3) is 11.2. The second kappa shape index (κ2) is 13.8. The standard InChI is InChI=1S/C9H18O.C8H14O2.C8H16O.C6H12O/c1-5-9(6-10-7-9)8(2,3)4;1-5-7(4)8(9)10-6(2)3;1-7(2,3)8(4)5-9-6-8;1-6(2,3)5-4-7-5/h5-7H2,1-4H3;5-6H,1-4H3;5-6H2,1-4H3;5H,4H2,1-3H3/b;7-5+;;. The Bertz CT molecular complexity index is 668. The third-order valence-electron chi connectivity index (χ3n) is 8.07. The maximum Gasteiger partial charge on any atom is 0.333 e. The summed E-state index contributed by atoms with van der Waals surface area (Å²) in [6.45, 7) is 36.9. The fourth-order valence-corrected chi connectivity index (χ4v) is 3.33. The molecule has 0 aromatic rings. The van der Waals surface area contributed by atoms with Crippen LogP contribution in [0.3, 0.4) is 0 Å². The van der Waals surface area contributed by atoms with E-state index in [4.69, 9.17) is 18.9 Å². The Morgan fingerprint density at radius 2 is 1.39 bits per heavy atom. The van der Waals surface area contributed by atoms with Gasteiger partial charge in [-0.1, -0.05) is 82.2 Å². The Hall–Kier alpha value is -0.910. The highest BCUT2D eigenvalue weighted by atomic mass is 16.6. The lowest BCUT2D eigenvalue weighted by Crippen LogP contribution is -2.51. The number of carbonyl (C=O) groups is 1. The molecule has 0 bridgehead atoms. The van der Waals surface area contributed by atoms with Crippen molar-refractivity contribution in [3.8, 4) is 0 Å². The van der Waals surface area contributed by atoms with Gasteiger partial charge in [-0.15, -0.1) is 0 Å². The van der Waals surface area contributed by atoms with E-state index < -0.39 is 0 Å². The molecule has 36 heavy (non-hydrogen) atoms. The van der Waals surface area contributed by atoms with Gasteiger partial charge in [-0.3, -0.25) is 0 Å². The van der Waals surface area contributed by atoms with Crippen molar-refractivity contribution in [3.05, 3.63) is 11.6 Å². The van der Waals surface area contributed by atoms with Gasteiger partial charge in [0.15, 0.2) is 0 Å². The van der Waals surface area contributed by atoms with Crippen LogP contribution in [-0.4, -0.2) is 51.2 Å². The molecule has 1 atom stereocenters. The van der Waals surface area contributed by atoms with Gasteiger partial charge < -0.3 is 18.9 Å². The Morgan fingerprint density at radius 3 is 1.47 bits per heavy atom. The summed E-state index contributed by atoms with van der Waals surface area (Å²) in [5.74, 6) is -0.225. The molecule has 0 radical (unpaired) electrons. The number of epoxide rings is 1. The van der Waals surface area contributed by atoms with E-state index in [1.54, 1.807) is 13.0 Å². The molecule has 3 heterocycles. The highest BCUT2D eigenvalue weighted by Crippen LogP contribution is 2.47. The van der Waals surface area contributed by atoms with E-state index in [0.29, 0.717) is 38.8 Å². The van der Waals surface area contributed by atoms with E-state index >= 15 is 0 Å². The molecule has 0 aliphatic carbocycles. The Balaban J connectivity index is 0.000000457. The zero-order chi connectivity index (χ0) is 28.6. The van der Waals surface area contributed by atoms with Gasteiger partial charge in [0.2, 0.25) is 0 Å². The zero-order valence-corrected chi connectivity index (χ0v) is 26.5. The van der Waals surface area contributed by atoms with Crippen LogP contribution in [0.1, 0.15) is 110 Å². The van der Waals surface area contributed by atoms with Crippen LogP contribution in [0.4, 0.5) is 0 Å². The largest absolute Gasteiger partial charge is 0.460 e. The molecule has 214 valence electrons. The number of rotatable bonds is 3. The van der Waals surface area contributed by atoms with Gasteiger partial charge in [-0.25, -0.2) is 4.79 Å². The average molecular weight is 513 g/mol. The van der Waals surface area contributed by atoms with Gasteiger partial charge >= 0.3 is 5.97 Å². The normalized spacial score (nSPS) is 22.2. The van der Waals surface area contributed by atoms with Crippen LogP contribution in [0, 0.1) is 27.1 Å². The van der Waals surface area contributed by atoms with Crippen molar-refractivity contribution in [3.63, 3.8) is 0 Å². The average Bonchev–Trinajstić information content (AvgIpc) is 3.49. The molecule has 3 fully saturated rings. The lowest BCUT2D eigenvalue weighted by atomic mass is 9.64. The highest BCUT2D eigenvalue weighted by Gasteiger charge is 2.46. The van der Waals surface area contributed by atoms with Crippen molar-refractivity contribution in [1.29, 1.82) is 0 Å². The summed E-state index contributed by atoms with van der Waals surface area (Å²) in [6, 6.07) is 0. The molecule has 3 rings (SSSR count). The quantitative estimate of drug-likeness (QED) is 0.219. The minimum absolute atomic E-state index is 0.0256. The molecular weight excluding hydrogens is 452 g/mol. The number of hydrogen-bond acceptors (Lipinski definition) is 5.